The van der Waals surface area contributed by atoms with Crippen molar-refractivity contribution in [3.05, 3.63) is 101 Å². The van der Waals surface area contributed by atoms with Crippen molar-refractivity contribution in [2.45, 2.75) is 32.4 Å². The van der Waals surface area contributed by atoms with Gasteiger partial charge in [-0.05, 0) is 31.0 Å². The van der Waals surface area contributed by atoms with Gasteiger partial charge in [0.15, 0.2) is 0 Å². The third-order valence-electron chi connectivity index (χ3n) is 5.08. The largest absolute Gasteiger partial charge is 0.377 e. The minimum atomic E-state index is 0.149. The molecule has 1 unspecified atom stereocenters. The molecule has 0 fully saturated rings. The number of nitrogens with one attached hydrogen (secondary N) is 1. The summed E-state index contributed by atoms with van der Waals surface area (Å²) in [5.74, 6) is 0. The lowest BCUT2D eigenvalue weighted by Crippen LogP contribution is -2.23. The van der Waals surface area contributed by atoms with Gasteiger partial charge >= 0.3 is 0 Å². The smallest absolute Gasteiger partial charge is 0.0724 e. The fourth-order valence-corrected chi connectivity index (χ4v) is 3.56. The molecule has 0 bridgehead atoms. The molecule has 0 radical (unpaired) electrons. The van der Waals surface area contributed by atoms with Crippen molar-refractivity contribution in [1.29, 1.82) is 0 Å². The molecule has 1 aliphatic rings. The van der Waals surface area contributed by atoms with Crippen LogP contribution in [0.1, 0.15) is 47.7 Å². The Bertz CT molecular complexity index is 910. The number of aliphatic imine (C=N–C) groups is 1. The molecule has 1 aliphatic heterocycles. The summed E-state index contributed by atoms with van der Waals surface area (Å²) in [5, 5.41) is 3.69. The molecule has 0 spiro atoms. The van der Waals surface area contributed by atoms with E-state index < -0.39 is 0 Å². The van der Waals surface area contributed by atoms with Crippen LogP contribution >= 0.6 is 0 Å². The molecule has 2 heteroatoms. The fourth-order valence-electron chi connectivity index (χ4n) is 3.56. The predicted molar refractivity (Wildman–Crippen MR) is 110 cm³/mol. The van der Waals surface area contributed by atoms with Crippen LogP contribution in [0.5, 0.6) is 0 Å². The number of rotatable bonds is 3. The van der Waals surface area contributed by atoms with Gasteiger partial charge in [-0.15, -0.1) is 0 Å². The minimum Gasteiger partial charge on any atom is -0.377 e. The summed E-state index contributed by atoms with van der Waals surface area (Å²) in [7, 11) is 0. The van der Waals surface area contributed by atoms with Crippen molar-refractivity contribution < 1.29 is 0 Å². The maximum absolute atomic E-state index is 5.12. The van der Waals surface area contributed by atoms with Gasteiger partial charge in [0.2, 0.25) is 0 Å². The van der Waals surface area contributed by atoms with E-state index in [1.807, 2.05) is 0 Å². The Morgan fingerprint density at radius 3 is 2.35 bits per heavy atom. The maximum atomic E-state index is 5.12. The van der Waals surface area contributed by atoms with Crippen LogP contribution in [0.4, 0.5) is 5.69 Å². The zero-order valence-corrected chi connectivity index (χ0v) is 15.3. The number of hydrogen-bond donors (Lipinski definition) is 1. The Kier molecular flexibility index (Phi) is 4.57. The van der Waals surface area contributed by atoms with Gasteiger partial charge in [-0.3, -0.25) is 4.99 Å². The molecule has 1 heterocycles. The van der Waals surface area contributed by atoms with Gasteiger partial charge in [0.05, 0.1) is 12.1 Å². The van der Waals surface area contributed by atoms with Crippen LogP contribution in [0.25, 0.3) is 0 Å². The number of para-hydroxylation sites is 1. The summed E-state index contributed by atoms with van der Waals surface area (Å²) in [6.45, 7) is 4.30. The van der Waals surface area contributed by atoms with Crippen LogP contribution in [0.2, 0.25) is 0 Å². The number of fused-ring (bicyclic) bond motifs is 1. The molecular weight excluding hydrogens is 316 g/mol. The van der Waals surface area contributed by atoms with E-state index >= 15 is 0 Å². The first-order chi connectivity index (χ1) is 12.7. The summed E-state index contributed by atoms with van der Waals surface area (Å²) in [6.07, 6.45) is 0.900. The van der Waals surface area contributed by atoms with Crippen molar-refractivity contribution in [2.24, 2.45) is 4.99 Å². The molecule has 0 amide bonds. The van der Waals surface area contributed by atoms with E-state index in [4.69, 9.17) is 4.99 Å². The van der Waals surface area contributed by atoms with E-state index in [1.165, 1.54) is 33.7 Å². The van der Waals surface area contributed by atoms with E-state index in [2.05, 4.69) is 98.0 Å². The number of benzene rings is 3. The zero-order valence-electron chi connectivity index (χ0n) is 15.3. The SMILES string of the molecule is Cc1ccc(C2CC(=N[C@H](C)c3ccccc3)c3ccccc3N2)cc1. The molecule has 130 valence electrons. The van der Waals surface area contributed by atoms with E-state index in [9.17, 15) is 0 Å². The summed E-state index contributed by atoms with van der Waals surface area (Å²) in [4.78, 5) is 5.12. The Hall–Kier alpha value is -2.87. The maximum Gasteiger partial charge on any atom is 0.0724 e. The van der Waals surface area contributed by atoms with Crippen LogP contribution in [-0.2, 0) is 0 Å². The number of anilines is 1. The topological polar surface area (TPSA) is 24.4 Å². The van der Waals surface area contributed by atoms with Crippen LogP contribution in [0, 0.1) is 6.92 Å². The second-order valence-electron chi connectivity index (χ2n) is 7.02. The van der Waals surface area contributed by atoms with E-state index in [0.717, 1.165) is 6.42 Å². The van der Waals surface area contributed by atoms with Gasteiger partial charge in [-0.1, -0.05) is 78.4 Å². The summed E-state index contributed by atoms with van der Waals surface area (Å²) in [6, 6.07) is 28.2. The lowest BCUT2D eigenvalue weighted by Gasteiger charge is -2.29. The first kappa shape index (κ1) is 16.6. The zero-order chi connectivity index (χ0) is 17.9. The predicted octanol–water partition coefficient (Wildman–Crippen LogP) is 6.10. The van der Waals surface area contributed by atoms with Crippen molar-refractivity contribution in [3.63, 3.8) is 0 Å². The average molecular weight is 340 g/mol. The van der Waals surface area contributed by atoms with Crippen LogP contribution in [0.3, 0.4) is 0 Å². The molecule has 0 aliphatic carbocycles. The summed E-state index contributed by atoms with van der Waals surface area (Å²) < 4.78 is 0. The lowest BCUT2D eigenvalue weighted by atomic mass is 9.91. The second kappa shape index (κ2) is 7.17. The number of hydrogen-bond acceptors (Lipinski definition) is 2. The monoisotopic (exact) mass is 340 g/mol. The average Bonchev–Trinajstić information content (AvgIpc) is 2.69. The molecule has 4 rings (SSSR count). The Morgan fingerprint density at radius 1 is 0.885 bits per heavy atom. The molecule has 2 nitrogen and oxygen atoms in total. The third-order valence-corrected chi connectivity index (χ3v) is 5.08. The molecule has 0 saturated heterocycles. The van der Waals surface area contributed by atoms with Crippen LogP contribution in [-0.4, -0.2) is 5.71 Å². The van der Waals surface area contributed by atoms with Crippen LogP contribution < -0.4 is 5.32 Å². The minimum absolute atomic E-state index is 0.149. The summed E-state index contributed by atoms with van der Waals surface area (Å²) >= 11 is 0. The second-order valence-corrected chi connectivity index (χ2v) is 7.02. The molecule has 26 heavy (non-hydrogen) atoms. The van der Waals surface area contributed by atoms with Crippen molar-refractivity contribution in [2.75, 3.05) is 5.32 Å². The number of nitrogens with zero attached hydrogens (tertiary/aromatic N) is 1. The standard InChI is InChI=1S/C24H24N2/c1-17-12-14-20(15-13-17)23-16-24(21-10-6-7-11-22(21)26-23)25-18(2)19-8-4-3-5-9-19/h3-15,18,23,26H,16H2,1-2H3/t18-,23?/m1/s1. The highest BCUT2D eigenvalue weighted by atomic mass is 15.0. The van der Waals surface area contributed by atoms with Gasteiger partial charge in [0.25, 0.3) is 0 Å². The molecule has 1 N–H and O–H groups in total. The molecule has 0 aromatic heterocycles. The highest BCUT2D eigenvalue weighted by Gasteiger charge is 2.24. The Balaban J connectivity index is 1.70. The van der Waals surface area contributed by atoms with Gasteiger partial charge in [-0.25, -0.2) is 0 Å². The molecule has 2 atom stereocenters. The molecule has 0 saturated carbocycles. The Labute approximate surface area is 155 Å². The van der Waals surface area contributed by atoms with E-state index in [0.29, 0.717) is 0 Å². The Morgan fingerprint density at radius 2 is 1.58 bits per heavy atom. The first-order valence-corrected chi connectivity index (χ1v) is 9.25. The van der Waals surface area contributed by atoms with Gasteiger partial charge < -0.3 is 5.32 Å². The fraction of sp³-hybridized carbons (Fsp3) is 0.208. The van der Waals surface area contributed by atoms with E-state index in [-0.39, 0.29) is 12.1 Å². The molecule has 3 aromatic carbocycles. The highest BCUT2D eigenvalue weighted by molar-refractivity contribution is 6.07. The molecular formula is C24H24N2. The first-order valence-electron chi connectivity index (χ1n) is 9.25. The number of aryl methyl sites for hydroxylation is 1. The lowest BCUT2D eigenvalue weighted by molar-refractivity contribution is 0.772. The van der Waals surface area contributed by atoms with Gasteiger partial charge in [0, 0.05) is 23.4 Å². The third kappa shape index (κ3) is 3.41. The highest BCUT2D eigenvalue weighted by Crippen LogP contribution is 2.34. The van der Waals surface area contributed by atoms with Gasteiger partial charge in [0.1, 0.15) is 0 Å². The quantitative estimate of drug-likeness (QED) is 0.612. The van der Waals surface area contributed by atoms with Gasteiger partial charge in [-0.2, -0.15) is 0 Å². The summed E-state index contributed by atoms with van der Waals surface area (Å²) in [5.41, 5.74) is 7.42. The van der Waals surface area contributed by atoms with Crippen LogP contribution in [0.15, 0.2) is 83.9 Å². The van der Waals surface area contributed by atoms with Crippen molar-refractivity contribution in [1.82, 2.24) is 0 Å². The normalized spacial score (nSPS) is 18.8. The van der Waals surface area contributed by atoms with Crippen molar-refractivity contribution in [3.8, 4) is 0 Å². The van der Waals surface area contributed by atoms with E-state index in [1.54, 1.807) is 0 Å². The van der Waals surface area contributed by atoms with Crippen molar-refractivity contribution >= 4 is 11.4 Å². The molecule has 3 aromatic rings.